The largest absolute Gasteiger partial charge is 0.435 e. The summed E-state index contributed by atoms with van der Waals surface area (Å²) in [5, 5.41) is 4.24. The molecule has 0 amide bonds. The summed E-state index contributed by atoms with van der Waals surface area (Å²) in [4.78, 5) is 18.1. The predicted molar refractivity (Wildman–Crippen MR) is 137 cm³/mol. The lowest BCUT2D eigenvalue weighted by Gasteiger charge is -2.14. The van der Waals surface area contributed by atoms with Gasteiger partial charge >= 0.3 is 6.18 Å². The molecule has 9 heteroatoms. The minimum absolute atomic E-state index is 0.114. The maximum absolute atomic E-state index is 13.7. The van der Waals surface area contributed by atoms with Gasteiger partial charge < -0.3 is 0 Å². The summed E-state index contributed by atoms with van der Waals surface area (Å²) >= 11 is 3.37. The lowest BCUT2D eigenvalue weighted by Crippen LogP contribution is -2.22. The molecule has 36 heavy (non-hydrogen) atoms. The molecule has 3 aromatic carbocycles. The monoisotopic (exact) mass is 552 g/mol. The van der Waals surface area contributed by atoms with Gasteiger partial charge in [-0.2, -0.15) is 18.3 Å². The molecule has 0 aliphatic carbocycles. The van der Waals surface area contributed by atoms with Crippen molar-refractivity contribution in [3.8, 4) is 22.3 Å². The summed E-state index contributed by atoms with van der Waals surface area (Å²) < 4.78 is 43.8. The molecule has 0 radical (unpaired) electrons. The number of benzene rings is 3. The maximum Gasteiger partial charge on any atom is 0.435 e. The number of aromatic nitrogens is 4. The number of rotatable bonds is 5. The number of alkyl halides is 4. The third kappa shape index (κ3) is 4.46. The predicted octanol–water partition coefficient (Wildman–Crippen LogP) is 6.43. The highest BCUT2D eigenvalue weighted by Crippen LogP contribution is 2.38. The number of hydrogen-bond donors (Lipinski definition) is 0. The van der Waals surface area contributed by atoms with Crippen LogP contribution in [0.15, 0.2) is 84.0 Å². The van der Waals surface area contributed by atoms with E-state index in [1.165, 1.54) is 24.1 Å². The Balaban J connectivity index is 1.67. The fourth-order valence-electron chi connectivity index (χ4n) is 4.36. The smallest absolute Gasteiger partial charge is 0.294 e. The van der Waals surface area contributed by atoms with Crippen molar-refractivity contribution in [2.24, 2.45) is 7.05 Å². The van der Waals surface area contributed by atoms with Crippen LogP contribution in [0.4, 0.5) is 13.2 Å². The molecule has 0 bridgehead atoms. The highest BCUT2D eigenvalue weighted by molar-refractivity contribution is 9.08. The lowest BCUT2D eigenvalue weighted by atomic mass is 9.99. The van der Waals surface area contributed by atoms with Crippen molar-refractivity contribution in [3.05, 3.63) is 106 Å². The second-order valence-electron chi connectivity index (χ2n) is 8.44. The number of aryl methyl sites for hydroxylation is 1. The number of nitrogens with zero attached hydrogens (tertiary/aromatic N) is 4. The van der Waals surface area contributed by atoms with Gasteiger partial charge in [-0.3, -0.25) is 14.0 Å². The standard InChI is InChI=1S/C27H20BrF3N4O/c1-34-15-23(25(33-34)27(29,30)31)21-11-17(13-28)12-22-24(21)32-16-35(26(22)36)14-19-9-5-6-10-20(19)18-7-3-2-4-8-18/h2-12,15-16H,13-14H2,1H3. The van der Waals surface area contributed by atoms with Crippen molar-refractivity contribution in [1.82, 2.24) is 19.3 Å². The lowest BCUT2D eigenvalue weighted by molar-refractivity contribution is -0.140. The number of fused-ring (bicyclic) bond motifs is 1. The van der Waals surface area contributed by atoms with Crippen molar-refractivity contribution >= 4 is 26.8 Å². The van der Waals surface area contributed by atoms with Gasteiger partial charge in [-0.05, 0) is 34.4 Å². The second-order valence-corrected chi connectivity index (χ2v) is 9.00. The zero-order valence-corrected chi connectivity index (χ0v) is 20.7. The van der Waals surface area contributed by atoms with Gasteiger partial charge in [-0.1, -0.05) is 70.5 Å². The van der Waals surface area contributed by atoms with Crippen LogP contribution in [0.1, 0.15) is 16.8 Å². The minimum Gasteiger partial charge on any atom is -0.294 e. The Morgan fingerprint density at radius 3 is 2.39 bits per heavy atom. The van der Waals surface area contributed by atoms with Crippen LogP contribution in [0.2, 0.25) is 0 Å². The molecule has 0 aliphatic heterocycles. The van der Waals surface area contributed by atoms with Gasteiger partial charge in [-0.15, -0.1) is 0 Å². The van der Waals surface area contributed by atoms with Gasteiger partial charge in [0.15, 0.2) is 5.69 Å². The fourth-order valence-corrected chi connectivity index (χ4v) is 4.69. The molecule has 0 saturated heterocycles. The molecule has 2 heterocycles. The van der Waals surface area contributed by atoms with Crippen LogP contribution in [0.3, 0.4) is 0 Å². The van der Waals surface area contributed by atoms with Crippen molar-refractivity contribution in [3.63, 3.8) is 0 Å². The molecule has 5 nitrogen and oxygen atoms in total. The molecular formula is C27H20BrF3N4O. The molecule has 0 N–H and O–H groups in total. The van der Waals surface area contributed by atoms with Gasteiger partial charge in [-0.25, -0.2) is 4.98 Å². The molecule has 0 spiro atoms. The summed E-state index contributed by atoms with van der Waals surface area (Å²) in [5.41, 5.74) is 2.57. The first-order chi connectivity index (χ1) is 17.3. The Hall–Kier alpha value is -3.72. The van der Waals surface area contributed by atoms with E-state index < -0.39 is 11.9 Å². The molecule has 5 aromatic rings. The topological polar surface area (TPSA) is 52.7 Å². The summed E-state index contributed by atoms with van der Waals surface area (Å²) in [7, 11) is 1.43. The van der Waals surface area contributed by atoms with E-state index in [-0.39, 0.29) is 34.1 Å². The average molecular weight is 553 g/mol. The van der Waals surface area contributed by atoms with Gasteiger partial charge in [0.05, 0.1) is 23.8 Å². The Kier molecular flexibility index (Phi) is 6.26. The zero-order chi connectivity index (χ0) is 25.4. The van der Waals surface area contributed by atoms with Gasteiger partial charge in [0.25, 0.3) is 5.56 Å². The number of halogens is 4. The zero-order valence-electron chi connectivity index (χ0n) is 19.1. The Morgan fingerprint density at radius 2 is 1.67 bits per heavy atom. The molecule has 0 aliphatic rings. The molecule has 0 saturated carbocycles. The SMILES string of the molecule is Cn1cc(-c2cc(CBr)cc3c(=O)n(Cc4ccccc4-c4ccccc4)cnc23)c(C(F)(F)F)n1. The molecule has 0 atom stereocenters. The van der Waals surface area contributed by atoms with Gasteiger partial charge in [0.1, 0.15) is 0 Å². The molecule has 5 rings (SSSR count). The Labute approximate surface area is 213 Å². The van der Waals surface area contributed by atoms with Crippen molar-refractivity contribution in [1.29, 1.82) is 0 Å². The van der Waals surface area contributed by atoms with Gasteiger partial charge in [0.2, 0.25) is 0 Å². The minimum atomic E-state index is -4.65. The summed E-state index contributed by atoms with van der Waals surface area (Å²) in [5.74, 6) is 0. The van der Waals surface area contributed by atoms with E-state index in [1.807, 2.05) is 54.6 Å². The van der Waals surface area contributed by atoms with E-state index in [4.69, 9.17) is 0 Å². The van der Waals surface area contributed by atoms with Crippen molar-refractivity contribution in [2.45, 2.75) is 18.1 Å². The Bertz CT molecular complexity index is 1620. The molecule has 182 valence electrons. The highest BCUT2D eigenvalue weighted by atomic mass is 79.9. The van der Waals surface area contributed by atoms with Crippen LogP contribution in [0, 0.1) is 0 Å². The second kappa shape index (κ2) is 9.39. The first kappa shape index (κ1) is 24.0. The normalized spacial score (nSPS) is 11.8. The van der Waals surface area contributed by atoms with E-state index in [2.05, 4.69) is 26.0 Å². The molecule has 0 unspecified atom stereocenters. The van der Waals surface area contributed by atoms with E-state index in [9.17, 15) is 18.0 Å². The first-order valence-corrected chi connectivity index (χ1v) is 12.2. The highest BCUT2D eigenvalue weighted by Gasteiger charge is 2.38. The van der Waals surface area contributed by atoms with Crippen molar-refractivity contribution < 1.29 is 13.2 Å². The number of hydrogen-bond acceptors (Lipinski definition) is 3. The quantitative estimate of drug-likeness (QED) is 0.236. The van der Waals surface area contributed by atoms with E-state index in [0.717, 1.165) is 21.4 Å². The Morgan fingerprint density at radius 1 is 0.944 bits per heavy atom. The molecule has 0 fully saturated rings. The summed E-state index contributed by atoms with van der Waals surface area (Å²) in [6.07, 6.45) is -1.95. The van der Waals surface area contributed by atoms with E-state index in [1.54, 1.807) is 12.1 Å². The van der Waals surface area contributed by atoms with Gasteiger partial charge in [0, 0.05) is 29.7 Å². The first-order valence-electron chi connectivity index (χ1n) is 11.1. The van der Waals surface area contributed by atoms with E-state index >= 15 is 0 Å². The van der Waals surface area contributed by atoms with E-state index in [0.29, 0.717) is 10.9 Å². The average Bonchev–Trinajstić information content (AvgIpc) is 3.28. The summed E-state index contributed by atoms with van der Waals surface area (Å²) in [6.45, 7) is 0.265. The molecular weight excluding hydrogens is 533 g/mol. The van der Waals surface area contributed by atoms with Crippen LogP contribution in [-0.4, -0.2) is 19.3 Å². The summed E-state index contributed by atoms with van der Waals surface area (Å²) in [6, 6.07) is 20.9. The van der Waals surface area contributed by atoms with Crippen LogP contribution in [0.5, 0.6) is 0 Å². The third-order valence-corrected chi connectivity index (χ3v) is 6.62. The molecule has 2 aromatic heterocycles. The van der Waals surface area contributed by atoms with Crippen LogP contribution >= 0.6 is 15.9 Å². The fraction of sp³-hybridized carbons (Fsp3) is 0.148. The van der Waals surface area contributed by atoms with Crippen molar-refractivity contribution in [2.75, 3.05) is 0 Å². The van der Waals surface area contributed by atoms with Crippen LogP contribution < -0.4 is 5.56 Å². The van der Waals surface area contributed by atoms with Crippen LogP contribution in [-0.2, 0) is 25.1 Å². The van der Waals surface area contributed by atoms with Crippen LogP contribution in [0.25, 0.3) is 33.2 Å². The third-order valence-electron chi connectivity index (χ3n) is 5.97. The maximum atomic E-state index is 13.7.